The Hall–Kier alpha value is -2.24. The number of amides is 1. The van der Waals surface area contributed by atoms with E-state index in [1.165, 1.54) is 4.90 Å². The first kappa shape index (κ1) is 20.1. The molecule has 1 aliphatic rings. The largest absolute Gasteiger partial charge is 0.488 e. The number of carbonyl (C=O) groups excluding carboxylic acids is 1. The number of carboxylic acids is 1. The molecule has 1 aliphatic heterocycles. The summed E-state index contributed by atoms with van der Waals surface area (Å²) in [6.45, 7) is 11.6. The van der Waals surface area contributed by atoms with Crippen LogP contribution in [0.25, 0.3) is 0 Å². The number of benzene rings is 1. The second-order valence-electron chi connectivity index (χ2n) is 8.14. The molecular weight excluding hydrogens is 334 g/mol. The van der Waals surface area contributed by atoms with E-state index in [4.69, 9.17) is 9.47 Å². The molecule has 144 valence electrons. The van der Waals surface area contributed by atoms with Gasteiger partial charge in [-0.25, -0.2) is 9.59 Å². The number of rotatable bonds is 4. The highest BCUT2D eigenvalue weighted by Crippen LogP contribution is 2.29. The number of aryl methyl sites for hydroxylation is 1. The number of hydrogen-bond donors (Lipinski definition) is 1. The Balaban J connectivity index is 2.16. The summed E-state index contributed by atoms with van der Waals surface area (Å²) in [6.07, 6.45) is -0.770. The Morgan fingerprint density at radius 3 is 2.46 bits per heavy atom. The van der Waals surface area contributed by atoms with E-state index in [0.29, 0.717) is 5.92 Å². The summed E-state index contributed by atoms with van der Waals surface area (Å²) in [5.41, 5.74) is 1.46. The Morgan fingerprint density at radius 1 is 1.27 bits per heavy atom. The number of hydrogen-bond acceptors (Lipinski definition) is 4. The number of nitrogens with zero attached hydrogens (tertiary/aromatic N) is 1. The average Bonchev–Trinajstić information content (AvgIpc) is 2.92. The molecule has 6 nitrogen and oxygen atoms in total. The zero-order chi connectivity index (χ0) is 19.6. The summed E-state index contributed by atoms with van der Waals surface area (Å²) >= 11 is 0. The Kier molecular flexibility index (Phi) is 5.84. The molecule has 1 aromatic rings. The van der Waals surface area contributed by atoms with E-state index in [1.54, 1.807) is 20.8 Å². The maximum absolute atomic E-state index is 12.4. The first-order valence-electron chi connectivity index (χ1n) is 8.97. The normalized spacial score (nSPS) is 20.3. The summed E-state index contributed by atoms with van der Waals surface area (Å²) in [5.74, 6) is 0.0533. The maximum Gasteiger partial charge on any atom is 0.411 e. The van der Waals surface area contributed by atoms with Crippen LogP contribution in [0.5, 0.6) is 5.75 Å². The van der Waals surface area contributed by atoms with Gasteiger partial charge in [0.05, 0.1) is 6.54 Å². The van der Waals surface area contributed by atoms with Crippen molar-refractivity contribution < 1.29 is 24.2 Å². The molecule has 2 atom stereocenters. The van der Waals surface area contributed by atoms with Gasteiger partial charge in [0.15, 0.2) is 0 Å². The van der Waals surface area contributed by atoms with E-state index in [2.05, 4.69) is 19.9 Å². The standard InChI is InChI=1S/C20H29NO5/c1-12(2)14-8-7-13(3)17(9-14)25-15-10-16(18(22)23)21(11-15)19(24)26-20(4,5)6/h7-9,12,15-16H,10-11H2,1-6H3,(H,22,23). The minimum atomic E-state index is -1.05. The van der Waals surface area contributed by atoms with Gasteiger partial charge in [0.1, 0.15) is 23.5 Å². The Bertz CT molecular complexity index is 677. The van der Waals surface area contributed by atoms with Crippen LogP contribution in [0, 0.1) is 6.92 Å². The lowest BCUT2D eigenvalue weighted by Crippen LogP contribution is -2.43. The fourth-order valence-corrected chi connectivity index (χ4v) is 2.92. The molecule has 0 saturated carbocycles. The predicted octanol–water partition coefficient (Wildman–Crippen LogP) is 3.96. The van der Waals surface area contributed by atoms with Crippen LogP contribution in [0.4, 0.5) is 4.79 Å². The topological polar surface area (TPSA) is 76.1 Å². The molecule has 0 spiro atoms. The van der Waals surface area contributed by atoms with E-state index in [-0.39, 0.29) is 19.1 Å². The monoisotopic (exact) mass is 363 g/mol. The molecule has 1 heterocycles. The smallest absolute Gasteiger partial charge is 0.411 e. The van der Waals surface area contributed by atoms with Crippen molar-refractivity contribution in [1.29, 1.82) is 0 Å². The molecule has 1 aromatic carbocycles. The number of likely N-dealkylation sites (tertiary alicyclic amines) is 1. The fourth-order valence-electron chi connectivity index (χ4n) is 2.92. The van der Waals surface area contributed by atoms with Gasteiger partial charge in [0.2, 0.25) is 0 Å². The summed E-state index contributed by atoms with van der Waals surface area (Å²) < 4.78 is 11.4. The number of carbonyl (C=O) groups is 2. The minimum absolute atomic E-state index is 0.192. The molecule has 0 aliphatic carbocycles. The van der Waals surface area contributed by atoms with E-state index >= 15 is 0 Å². The molecule has 1 N–H and O–H groups in total. The van der Waals surface area contributed by atoms with Gasteiger partial charge >= 0.3 is 12.1 Å². The van der Waals surface area contributed by atoms with Gasteiger partial charge in [-0.1, -0.05) is 26.0 Å². The first-order valence-corrected chi connectivity index (χ1v) is 8.97. The van der Waals surface area contributed by atoms with Crippen molar-refractivity contribution >= 4 is 12.1 Å². The van der Waals surface area contributed by atoms with Crippen molar-refractivity contribution in [2.24, 2.45) is 0 Å². The summed E-state index contributed by atoms with van der Waals surface area (Å²) in [7, 11) is 0. The summed E-state index contributed by atoms with van der Waals surface area (Å²) in [5, 5.41) is 9.48. The molecular formula is C20H29NO5. The molecule has 2 rings (SSSR count). The van der Waals surface area contributed by atoms with Crippen molar-refractivity contribution in [2.75, 3.05) is 6.54 Å². The zero-order valence-corrected chi connectivity index (χ0v) is 16.4. The van der Waals surface area contributed by atoms with Crippen LogP contribution < -0.4 is 4.74 Å². The highest BCUT2D eigenvalue weighted by molar-refractivity contribution is 5.81. The lowest BCUT2D eigenvalue weighted by atomic mass is 10.0. The second kappa shape index (κ2) is 7.56. The first-order chi connectivity index (χ1) is 12.0. The van der Waals surface area contributed by atoms with Crippen molar-refractivity contribution in [1.82, 2.24) is 4.90 Å². The molecule has 2 unspecified atom stereocenters. The molecule has 26 heavy (non-hydrogen) atoms. The van der Waals surface area contributed by atoms with E-state index in [0.717, 1.165) is 16.9 Å². The van der Waals surface area contributed by atoms with Gasteiger partial charge in [-0.15, -0.1) is 0 Å². The van der Waals surface area contributed by atoms with Crippen LogP contribution in [-0.4, -0.2) is 46.4 Å². The SMILES string of the molecule is Cc1ccc(C(C)C)cc1OC1CC(C(=O)O)N(C(=O)OC(C)(C)C)C1. The fraction of sp³-hybridized carbons (Fsp3) is 0.600. The minimum Gasteiger partial charge on any atom is -0.488 e. The third-order valence-electron chi connectivity index (χ3n) is 4.35. The number of carboxylic acid groups (broad SMARTS) is 1. The van der Waals surface area contributed by atoms with Gasteiger partial charge in [-0.2, -0.15) is 0 Å². The van der Waals surface area contributed by atoms with Crippen LogP contribution in [0.1, 0.15) is 58.1 Å². The average molecular weight is 363 g/mol. The number of aliphatic carboxylic acids is 1. The van der Waals surface area contributed by atoms with Gasteiger partial charge < -0.3 is 14.6 Å². The lowest BCUT2D eigenvalue weighted by Gasteiger charge is -2.26. The van der Waals surface area contributed by atoms with Gasteiger partial charge in [-0.05, 0) is 50.8 Å². The highest BCUT2D eigenvalue weighted by Gasteiger charge is 2.42. The van der Waals surface area contributed by atoms with E-state index < -0.39 is 23.7 Å². The van der Waals surface area contributed by atoms with Gasteiger partial charge in [-0.3, -0.25) is 4.90 Å². The van der Waals surface area contributed by atoms with Crippen molar-refractivity contribution in [3.63, 3.8) is 0 Å². The lowest BCUT2D eigenvalue weighted by molar-refractivity contribution is -0.142. The molecule has 1 amide bonds. The van der Waals surface area contributed by atoms with Crippen LogP contribution >= 0.6 is 0 Å². The second-order valence-corrected chi connectivity index (χ2v) is 8.14. The summed E-state index contributed by atoms with van der Waals surface area (Å²) in [6, 6.07) is 5.11. The van der Waals surface area contributed by atoms with Crippen molar-refractivity contribution in [2.45, 2.75) is 71.6 Å². The van der Waals surface area contributed by atoms with Crippen LogP contribution in [0.15, 0.2) is 18.2 Å². The predicted molar refractivity (Wildman–Crippen MR) is 98.7 cm³/mol. The van der Waals surface area contributed by atoms with Crippen molar-refractivity contribution in [3.8, 4) is 5.75 Å². The zero-order valence-electron chi connectivity index (χ0n) is 16.4. The van der Waals surface area contributed by atoms with Gasteiger partial charge in [0.25, 0.3) is 0 Å². The van der Waals surface area contributed by atoms with Crippen LogP contribution in [-0.2, 0) is 9.53 Å². The molecule has 6 heteroatoms. The molecule has 0 radical (unpaired) electrons. The van der Waals surface area contributed by atoms with Crippen LogP contribution in [0.3, 0.4) is 0 Å². The third-order valence-corrected chi connectivity index (χ3v) is 4.35. The summed E-state index contributed by atoms with van der Waals surface area (Å²) in [4.78, 5) is 25.2. The van der Waals surface area contributed by atoms with Gasteiger partial charge in [0, 0.05) is 6.42 Å². The van der Waals surface area contributed by atoms with E-state index in [1.807, 2.05) is 19.1 Å². The molecule has 0 aromatic heterocycles. The molecule has 1 fully saturated rings. The molecule has 1 saturated heterocycles. The highest BCUT2D eigenvalue weighted by atomic mass is 16.6. The Labute approximate surface area is 155 Å². The maximum atomic E-state index is 12.4. The number of ether oxygens (including phenoxy) is 2. The van der Waals surface area contributed by atoms with Crippen LogP contribution in [0.2, 0.25) is 0 Å². The third kappa shape index (κ3) is 4.90. The van der Waals surface area contributed by atoms with E-state index in [9.17, 15) is 14.7 Å². The van der Waals surface area contributed by atoms with Crippen molar-refractivity contribution in [3.05, 3.63) is 29.3 Å². The Morgan fingerprint density at radius 2 is 1.92 bits per heavy atom. The quantitative estimate of drug-likeness (QED) is 0.876. The molecule has 0 bridgehead atoms.